The normalized spacial score (nSPS) is 17.6. The van der Waals surface area contributed by atoms with Gasteiger partial charge in [0.05, 0.1) is 4.90 Å². The lowest BCUT2D eigenvalue weighted by Gasteiger charge is -2.27. The molecular formula is C20H19NO2S. The maximum Gasteiger partial charge on any atom is 0.238 e. The molecule has 1 atom stereocenters. The summed E-state index contributed by atoms with van der Waals surface area (Å²) in [6.07, 6.45) is 2.76. The molecule has 24 heavy (non-hydrogen) atoms. The Kier molecular flexibility index (Phi) is 3.66. The number of aryl methyl sites for hydroxylation is 1. The Morgan fingerprint density at radius 3 is 2.38 bits per heavy atom. The maximum atomic E-state index is 12.2. The van der Waals surface area contributed by atoms with Gasteiger partial charge in [-0.3, -0.25) is 0 Å². The van der Waals surface area contributed by atoms with E-state index in [4.69, 9.17) is 5.14 Å². The van der Waals surface area contributed by atoms with Crippen LogP contribution in [0.3, 0.4) is 0 Å². The molecule has 3 nitrogen and oxygen atoms in total. The molecule has 0 fully saturated rings. The number of hydrogen-bond acceptors (Lipinski definition) is 2. The van der Waals surface area contributed by atoms with E-state index in [-0.39, 0.29) is 10.8 Å². The van der Waals surface area contributed by atoms with Crippen molar-refractivity contribution in [1.29, 1.82) is 0 Å². The highest BCUT2D eigenvalue weighted by Gasteiger charge is 2.27. The smallest absolute Gasteiger partial charge is 0.225 e. The van der Waals surface area contributed by atoms with E-state index in [9.17, 15) is 8.42 Å². The third kappa shape index (κ3) is 2.62. The Balaban J connectivity index is 1.92. The lowest BCUT2D eigenvalue weighted by Crippen LogP contribution is -2.19. The number of nitrogens with two attached hydrogens (primary N) is 1. The summed E-state index contributed by atoms with van der Waals surface area (Å²) in [4.78, 5) is 0.269. The molecule has 1 aliphatic carbocycles. The van der Waals surface area contributed by atoms with Crippen molar-refractivity contribution in [2.24, 2.45) is 5.14 Å². The first-order chi connectivity index (χ1) is 11.5. The van der Waals surface area contributed by atoms with Crippen LogP contribution in [-0.2, 0) is 22.9 Å². The molecule has 4 heteroatoms. The van der Waals surface area contributed by atoms with E-state index in [0.717, 1.165) is 35.6 Å². The van der Waals surface area contributed by atoms with Crippen molar-refractivity contribution in [1.82, 2.24) is 0 Å². The highest BCUT2D eigenvalue weighted by molar-refractivity contribution is 7.89. The van der Waals surface area contributed by atoms with Gasteiger partial charge in [0.15, 0.2) is 0 Å². The third-order valence-corrected chi connectivity index (χ3v) is 5.96. The fourth-order valence-corrected chi connectivity index (χ4v) is 4.73. The van der Waals surface area contributed by atoms with Crippen molar-refractivity contribution in [3.8, 4) is 0 Å². The highest BCUT2D eigenvalue weighted by Crippen LogP contribution is 2.39. The van der Waals surface area contributed by atoms with Crippen molar-refractivity contribution in [2.75, 3.05) is 0 Å². The zero-order valence-corrected chi connectivity index (χ0v) is 14.1. The number of benzene rings is 3. The molecular weight excluding hydrogens is 318 g/mol. The second kappa shape index (κ2) is 5.72. The Morgan fingerprint density at radius 2 is 1.58 bits per heavy atom. The van der Waals surface area contributed by atoms with E-state index in [1.165, 1.54) is 11.1 Å². The van der Waals surface area contributed by atoms with Gasteiger partial charge in [-0.25, -0.2) is 13.6 Å². The fourth-order valence-electron chi connectivity index (χ4n) is 3.89. The Hall–Kier alpha value is -2.17. The van der Waals surface area contributed by atoms with E-state index < -0.39 is 10.0 Å². The van der Waals surface area contributed by atoms with Crippen LogP contribution < -0.4 is 5.14 Å². The number of rotatable bonds is 2. The van der Waals surface area contributed by atoms with E-state index in [0.29, 0.717) is 0 Å². The molecule has 1 aliphatic rings. The lowest BCUT2D eigenvalue weighted by molar-refractivity contribution is 0.569. The van der Waals surface area contributed by atoms with Crippen molar-refractivity contribution < 1.29 is 8.42 Å². The van der Waals surface area contributed by atoms with E-state index in [1.54, 1.807) is 6.07 Å². The first kappa shape index (κ1) is 15.4. The second-order valence-electron chi connectivity index (χ2n) is 6.45. The minimum absolute atomic E-state index is 0.166. The summed E-state index contributed by atoms with van der Waals surface area (Å²) >= 11 is 0. The molecule has 0 aliphatic heterocycles. The molecule has 0 saturated heterocycles. The van der Waals surface area contributed by atoms with Gasteiger partial charge in [0.2, 0.25) is 10.0 Å². The lowest BCUT2D eigenvalue weighted by atomic mass is 9.79. The Bertz CT molecular complexity index is 1020. The summed E-state index contributed by atoms with van der Waals surface area (Å²) in [5.74, 6) is 0.166. The molecule has 0 bridgehead atoms. The minimum atomic E-state index is -3.75. The molecule has 0 saturated carbocycles. The van der Waals surface area contributed by atoms with Crippen LogP contribution in [0.1, 0.15) is 29.0 Å². The third-order valence-electron chi connectivity index (χ3n) is 4.99. The zero-order chi connectivity index (χ0) is 16.7. The van der Waals surface area contributed by atoms with Gasteiger partial charge in [0.1, 0.15) is 0 Å². The summed E-state index contributed by atoms with van der Waals surface area (Å²) in [6.45, 7) is 0. The van der Waals surface area contributed by atoms with Crippen LogP contribution >= 0.6 is 0 Å². The predicted molar refractivity (Wildman–Crippen MR) is 96.5 cm³/mol. The first-order valence-corrected chi connectivity index (χ1v) is 9.70. The topological polar surface area (TPSA) is 60.2 Å². The van der Waals surface area contributed by atoms with Gasteiger partial charge in [0, 0.05) is 0 Å². The van der Waals surface area contributed by atoms with Crippen LogP contribution in [0.4, 0.5) is 0 Å². The van der Waals surface area contributed by atoms with E-state index in [1.807, 2.05) is 36.4 Å². The molecule has 4 rings (SSSR count). The minimum Gasteiger partial charge on any atom is -0.225 e. The van der Waals surface area contributed by atoms with E-state index in [2.05, 4.69) is 18.2 Å². The summed E-state index contributed by atoms with van der Waals surface area (Å²) in [6, 6.07) is 19.9. The number of hydrogen-bond donors (Lipinski definition) is 1. The van der Waals surface area contributed by atoms with Crippen molar-refractivity contribution >= 4 is 20.8 Å². The average Bonchev–Trinajstić information content (AvgIpc) is 2.59. The first-order valence-electron chi connectivity index (χ1n) is 8.15. The average molecular weight is 337 g/mol. The van der Waals surface area contributed by atoms with E-state index >= 15 is 0 Å². The van der Waals surface area contributed by atoms with Crippen molar-refractivity contribution in [2.45, 2.75) is 30.1 Å². The molecule has 0 heterocycles. The number of primary sulfonamides is 1. The maximum absolute atomic E-state index is 12.2. The molecule has 1 unspecified atom stereocenters. The number of sulfonamides is 1. The summed E-state index contributed by atoms with van der Waals surface area (Å²) in [5.41, 5.74) is 3.55. The molecule has 0 radical (unpaired) electrons. The van der Waals surface area contributed by atoms with Gasteiger partial charge in [-0.05, 0) is 58.7 Å². The van der Waals surface area contributed by atoms with Crippen LogP contribution in [0.15, 0.2) is 65.6 Å². The second-order valence-corrected chi connectivity index (χ2v) is 7.98. The van der Waals surface area contributed by atoms with Gasteiger partial charge in [-0.15, -0.1) is 0 Å². The van der Waals surface area contributed by atoms with Gasteiger partial charge in [-0.2, -0.15) is 0 Å². The molecule has 3 aromatic rings. The highest BCUT2D eigenvalue weighted by atomic mass is 32.2. The van der Waals surface area contributed by atoms with Gasteiger partial charge in [-0.1, -0.05) is 54.6 Å². The molecule has 122 valence electrons. The van der Waals surface area contributed by atoms with Crippen LogP contribution in [0, 0.1) is 0 Å². The largest absolute Gasteiger partial charge is 0.238 e. The van der Waals surface area contributed by atoms with Crippen LogP contribution in [0.2, 0.25) is 0 Å². The SMILES string of the molecule is NS(=O)(=O)c1ccc2ccccc2c1C1CCc2ccccc2C1. The Morgan fingerprint density at radius 1 is 0.875 bits per heavy atom. The Labute approximate surface area is 142 Å². The summed E-state index contributed by atoms with van der Waals surface area (Å²) < 4.78 is 24.3. The predicted octanol–water partition coefficient (Wildman–Crippen LogP) is 3.76. The van der Waals surface area contributed by atoms with Crippen LogP contribution in [-0.4, -0.2) is 8.42 Å². The number of fused-ring (bicyclic) bond motifs is 2. The van der Waals surface area contributed by atoms with Crippen molar-refractivity contribution in [3.05, 3.63) is 77.4 Å². The van der Waals surface area contributed by atoms with Gasteiger partial charge >= 0.3 is 0 Å². The summed E-state index contributed by atoms with van der Waals surface area (Å²) in [5, 5.41) is 7.57. The molecule has 0 amide bonds. The molecule has 0 aromatic heterocycles. The fraction of sp³-hybridized carbons (Fsp3) is 0.200. The molecule has 0 spiro atoms. The van der Waals surface area contributed by atoms with Crippen molar-refractivity contribution in [3.63, 3.8) is 0 Å². The molecule has 3 aromatic carbocycles. The van der Waals surface area contributed by atoms with Crippen LogP contribution in [0.25, 0.3) is 10.8 Å². The monoisotopic (exact) mass is 337 g/mol. The summed E-state index contributed by atoms with van der Waals surface area (Å²) in [7, 11) is -3.75. The van der Waals surface area contributed by atoms with Gasteiger partial charge < -0.3 is 0 Å². The standard InChI is InChI=1S/C20H19NO2S/c21-24(22,23)19-12-11-15-6-3-4-8-18(15)20(19)17-10-9-14-5-1-2-7-16(14)13-17/h1-8,11-12,17H,9-10,13H2,(H2,21,22,23). The van der Waals surface area contributed by atoms with Crippen LogP contribution in [0.5, 0.6) is 0 Å². The quantitative estimate of drug-likeness (QED) is 0.774. The van der Waals surface area contributed by atoms with Gasteiger partial charge in [0.25, 0.3) is 0 Å². The zero-order valence-electron chi connectivity index (χ0n) is 13.3. The molecule has 2 N–H and O–H groups in total.